The Morgan fingerprint density at radius 2 is 1.94 bits per heavy atom. The summed E-state index contributed by atoms with van der Waals surface area (Å²) in [4.78, 5) is 0. The largest absolute Gasteiger partial charge is 0.393 e. The Morgan fingerprint density at radius 1 is 1.19 bits per heavy atom. The van der Waals surface area contributed by atoms with Gasteiger partial charge in [-0.1, -0.05) is 39.5 Å². The molecule has 1 saturated carbocycles. The molecule has 1 N–H and O–H groups in total. The Hall–Kier alpha value is -0.0800. The molecular formula is C14H28O2. The van der Waals surface area contributed by atoms with Crippen LogP contribution >= 0.6 is 0 Å². The van der Waals surface area contributed by atoms with E-state index in [4.69, 9.17) is 4.74 Å². The van der Waals surface area contributed by atoms with Crippen LogP contribution in [0.5, 0.6) is 0 Å². The molecule has 3 unspecified atom stereocenters. The molecular weight excluding hydrogens is 200 g/mol. The van der Waals surface area contributed by atoms with Crippen LogP contribution in [0.1, 0.15) is 58.8 Å². The summed E-state index contributed by atoms with van der Waals surface area (Å²) in [5, 5.41) is 10.2. The molecule has 1 aliphatic carbocycles. The van der Waals surface area contributed by atoms with E-state index in [2.05, 4.69) is 13.8 Å². The quantitative estimate of drug-likeness (QED) is 0.677. The van der Waals surface area contributed by atoms with Gasteiger partial charge in [-0.05, 0) is 31.1 Å². The molecule has 0 aromatic rings. The zero-order valence-electron chi connectivity index (χ0n) is 11.0. The van der Waals surface area contributed by atoms with E-state index in [9.17, 15) is 5.11 Å². The van der Waals surface area contributed by atoms with Crippen molar-refractivity contribution in [1.82, 2.24) is 0 Å². The van der Waals surface area contributed by atoms with Crippen molar-refractivity contribution in [1.29, 1.82) is 0 Å². The van der Waals surface area contributed by atoms with Crippen molar-refractivity contribution in [2.45, 2.75) is 64.9 Å². The van der Waals surface area contributed by atoms with E-state index >= 15 is 0 Å². The lowest BCUT2D eigenvalue weighted by atomic mass is 9.74. The van der Waals surface area contributed by atoms with Crippen molar-refractivity contribution in [3.8, 4) is 0 Å². The van der Waals surface area contributed by atoms with E-state index in [-0.39, 0.29) is 6.10 Å². The molecule has 2 nitrogen and oxygen atoms in total. The van der Waals surface area contributed by atoms with Crippen molar-refractivity contribution in [3.05, 3.63) is 0 Å². The second-order valence-corrected chi connectivity index (χ2v) is 5.09. The fourth-order valence-corrected chi connectivity index (χ4v) is 2.91. The van der Waals surface area contributed by atoms with Crippen LogP contribution in [0.2, 0.25) is 0 Å². The Morgan fingerprint density at radius 3 is 2.62 bits per heavy atom. The van der Waals surface area contributed by atoms with Crippen LogP contribution in [0.3, 0.4) is 0 Å². The Labute approximate surface area is 100 Å². The second kappa shape index (κ2) is 8.08. The molecule has 1 aliphatic rings. The van der Waals surface area contributed by atoms with E-state index in [0.717, 1.165) is 32.0 Å². The third-order valence-corrected chi connectivity index (χ3v) is 3.89. The Bertz CT molecular complexity index is 170. The summed E-state index contributed by atoms with van der Waals surface area (Å²) < 4.78 is 5.45. The molecule has 0 aromatic carbocycles. The first-order chi connectivity index (χ1) is 7.79. The first kappa shape index (κ1) is 14.0. The molecule has 16 heavy (non-hydrogen) atoms. The van der Waals surface area contributed by atoms with E-state index in [1.807, 2.05) is 0 Å². The van der Waals surface area contributed by atoms with Gasteiger partial charge in [0.15, 0.2) is 0 Å². The van der Waals surface area contributed by atoms with E-state index in [0.29, 0.717) is 5.92 Å². The molecule has 0 aliphatic heterocycles. The van der Waals surface area contributed by atoms with Gasteiger partial charge in [0.2, 0.25) is 0 Å². The highest BCUT2D eigenvalue weighted by Crippen LogP contribution is 2.35. The van der Waals surface area contributed by atoms with Crippen molar-refractivity contribution in [2.24, 2.45) is 11.8 Å². The minimum absolute atomic E-state index is 0.137. The van der Waals surface area contributed by atoms with Crippen molar-refractivity contribution < 1.29 is 9.84 Å². The fourth-order valence-electron chi connectivity index (χ4n) is 2.91. The van der Waals surface area contributed by atoms with Crippen molar-refractivity contribution >= 4 is 0 Å². The van der Waals surface area contributed by atoms with Gasteiger partial charge in [-0.3, -0.25) is 0 Å². The first-order valence-corrected chi connectivity index (χ1v) is 7.05. The van der Waals surface area contributed by atoms with Gasteiger partial charge >= 0.3 is 0 Å². The molecule has 0 aromatic heterocycles. The zero-order chi connectivity index (χ0) is 11.8. The lowest BCUT2D eigenvalue weighted by molar-refractivity contribution is 0.0146. The monoisotopic (exact) mass is 228 g/mol. The lowest BCUT2D eigenvalue weighted by Gasteiger charge is -2.34. The maximum Gasteiger partial charge on any atom is 0.0593 e. The fraction of sp³-hybridized carbons (Fsp3) is 1.00. The van der Waals surface area contributed by atoms with Crippen LogP contribution in [-0.4, -0.2) is 24.4 Å². The highest BCUT2D eigenvalue weighted by atomic mass is 16.5. The SMILES string of the molecule is CCCOCCC(O)C1CCCCC1CC. The average molecular weight is 228 g/mol. The van der Waals surface area contributed by atoms with Gasteiger partial charge in [-0.2, -0.15) is 0 Å². The van der Waals surface area contributed by atoms with Gasteiger partial charge in [0, 0.05) is 13.2 Å². The van der Waals surface area contributed by atoms with Crippen molar-refractivity contribution in [2.75, 3.05) is 13.2 Å². The zero-order valence-corrected chi connectivity index (χ0v) is 11.0. The maximum absolute atomic E-state index is 10.2. The summed E-state index contributed by atoms with van der Waals surface area (Å²) >= 11 is 0. The molecule has 1 rings (SSSR count). The lowest BCUT2D eigenvalue weighted by Crippen LogP contribution is -2.31. The molecule has 0 heterocycles. The average Bonchev–Trinajstić information content (AvgIpc) is 2.34. The summed E-state index contributed by atoms with van der Waals surface area (Å²) in [6.07, 6.45) is 8.15. The molecule has 0 saturated heterocycles. The maximum atomic E-state index is 10.2. The van der Waals surface area contributed by atoms with Crippen LogP contribution in [0.25, 0.3) is 0 Å². The summed E-state index contributed by atoms with van der Waals surface area (Å²) in [5.74, 6) is 1.28. The van der Waals surface area contributed by atoms with Crippen LogP contribution < -0.4 is 0 Å². The molecule has 96 valence electrons. The predicted molar refractivity (Wildman–Crippen MR) is 67.5 cm³/mol. The Balaban J connectivity index is 2.24. The number of aliphatic hydroxyl groups excluding tert-OH is 1. The topological polar surface area (TPSA) is 29.5 Å². The molecule has 0 amide bonds. The van der Waals surface area contributed by atoms with Gasteiger partial charge in [-0.25, -0.2) is 0 Å². The van der Waals surface area contributed by atoms with Crippen LogP contribution in [0.15, 0.2) is 0 Å². The standard InChI is InChI=1S/C14H28O2/c1-3-10-16-11-9-14(15)13-8-6-5-7-12(13)4-2/h12-15H,3-11H2,1-2H3. The second-order valence-electron chi connectivity index (χ2n) is 5.09. The third-order valence-electron chi connectivity index (χ3n) is 3.89. The molecule has 0 spiro atoms. The molecule has 0 radical (unpaired) electrons. The minimum atomic E-state index is -0.137. The van der Waals surface area contributed by atoms with E-state index in [1.54, 1.807) is 0 Å². The summed E-state index contributed by atoms with van der Waals surface area (Å²) in [6, 6.07) is 0. The van der Waals surface area contributed by atoms with Crippen LogP contribution in [0.4, 0.5) is 0 Å². The predicted octanol–water partition coefficient (Wildman–Crippen LogP) is 3.38. The van der Waals surface area contributed by atoms with Crippen LogP contribution in [-0.2, 0) is 4.74 Å². The van der Waals surface area contributed by atoms with E-state index < -0.39 is 0 Å². The van der Waals surface area contributed by atoms with Crippen molar-refractivity contribution in [3.63, 3.8) is 0 Å². The van der Waals surface area contributed by atoms with Gasteiger partial charge in [0.05, 0.1) is 6.10 Å². The highest BCUT2D eigenvalue weighted by molar-refractivity contribution is 4.80. The van der Waals surface area contributed by atoms with E-state index in [1.165, 1.54) is 32.1 Å². The summed E-state index contributed by atoms with van der Waals surface area (Å²) in [7, 11) is 0. The Kier molecular flexibility index (Phi) is 7.06. The highest BCUT2D eigenvalue weighted by Gasteiger charge is 2.29. The normalized spacial score (nSPS) is 27.9. The summed E-state index contributed by atoms with van der Waals surface area (Å²) in [6.45, 7) is 5.92. The minimum Gasteiger partial charge on any atom is -0.393 e. The van der Waals surface area contributed by atoms with Gasteiger partial charge in [-0.15, -0.1) is 0 Å². The van der Waals surface area contributed by atoms with Gasteiger partial charge in [0.1, 0.15) is 0 Å². The number of rotatable bonds is 7. The molecule has 1 fully saturated rings. The van der Waals surface area contributed by atoms with Gasteiger partial charge in [0.25, 0.3) is 0 Å². The summed E-state index contributed by atoms with van der Waals surface area (Å²) in [5.41, 5.74) is 0. The smallest absolute Gasteiger partial charge is 0.0593 e. The number of hydrogen-bond acceptors (Lipinski definition) is 2. The molecule has 2 heteroatoms. The number of hydrogen-bond donors (Lipinski definition) is 1. The van der Waals surface area contributed by atoms with Gasteiger partial charge < -0.3 is 9.84 Å². The molecule has 3 atom stereocenters. The third kappa shape index (κ3) is 4.42. The molecule has 0 bridgehead atoms. The number of aliphatic hydroxyl groups is 1. The first-order valence-electron chi connectivity index (χ1n) is 7.05. The number of ether oxygens (including phenoxy) is 1. The van der Waals surface area contributed by atoms with Crippen LogP contribution in [0, 0.1) is 11.8 Å².